The molecule has 5 nitrogen and oxygen atoms in total. The average Bonchev–Trinajstić information content (AvgIpc) is 2.55. The van der Waals surface area contributed by atoms with Gasteiger partial charge in [0.2, 0.25) is 5.91 Å². The number of carbonyl (C=O) groups excluding carboxylic acids is 1. The zero-order valence-electron chi connectivity index (χ0n) is 11.7. The standard InChI is InChI=1S/C17H13N3O2/c18-11-13-3-1-5-15(9-13)20-17(21)7-8-22-16-6-2-4-14(10-16)12-19/h1-6,9-10H,7-8H2,(H,20,21). The van der Waals surface area contributed by atoms with Gasteiger partial charge >= 0.3 is 0 Å². The first-order valence-corrected chi connectivity index (χ1v) is 6.64. The molecule has 0 bridgehead atoms. The van der Waals surface area contributed by atoms with Gasteiger partial charge in [-0.25, -0.2) is 0 Å². The average molecular weight is 291 g/mol. The zero-order chi connectivity index (χ0) is 15.8. The first kappa shape index (κ1) is 15.1. The first-order valence-electron chi connectivity index (χ1n) is 6.64. The molecule has 1 amide bonds. The lowest BCUT2D eigenvalue weighted by atomic mass is 10.2. The molecule has 5 heteroatoms. The first-order chi connectivity index (χ1) is 10.7. The highest BCUT2D eigenvalue weighted by atomic mass is 16.5. The Balaban J connectivity index is 1.83. The summed E-state index contributed by atoms with van der Waals surface area (Å²) < 4.78 is 5.44. The van der Waals surface area contributed by atoms with Crippen molar-refractivity contribution in [2.75, 3.05) is 11.9 Å². The van der Waals surface area contributed by atoms with Crippen molar-refractivity contribution < 1.29 is 9.53 Å². The van der Waals surface area contributed by atoms with Gasteiger partial charge in [0.25, 0.3) is 0 Å². The molecule has 0 aliphatic heterocycles. The van der Waals surface area contributed by atoms with E-state index in [0.29, 0.717) is 22.6 Å². The van der Waals surface area contributed by atoms with Gasteiger partial charge in [0, 0.05) is 5.69 Å². The Morgan fingerprint density at radius 3 is 2.45 bits per heavy atom. The molecule has 0 aliphatic carbocycles. The number of rotatable bonds is 5. The largest absolute Gasteiger partial charge is 0.493 e. The topological polar surface area (TPSA) is 85.9 Å². The third-order valence-electron chi connectivity index (χ3n) is 2.84. The Bertz CT molecular complexity index is 757. The molecule has 2 aromatic carbocycles. The fourth-order valence-corrected chi connectivity index (χ4v) is 1.81. The molecule has 0 aliphatic rings. The molecule has 0 radical (unpaired) electrons. The number of anilines is 1. The van der Waals surface area contributed by atoms with E-state index in [9.17, 15) is 4.79 Å². The van der Waals surface area contributed by atoms with Crippen LogP contribution in [-0.4, -0.2) is 12.5 Å². The van der Waals surface area contributed by atoms with Crippen LogP contribution in [0.4, 0.5) is 5.69 Å². The summed E-state index contributed by atoms with van der Waals surface area (Å²) >= 11 is 0. The van der Waals surface area contributed by atoms with Crippen LogP contribution in [0.1, 0.15) is 17.5 Å². The summed E-state index contributed by atoms with van der Waals surface area (Å²) in [6.07, 6.45) is 0.174. The van der Waals surface area contributed by atoms with Gasteiger partial charge in [-0.05, 0) is 36.4 Å². The molecule has 0 saturated heterocycles. The van der Waals surface area contributed by atoms with Crippen molar-refractivity contribution in [2.24, 2.45) is 0 Å². The lowest BCUT2D eigenvalue weighted by Crippen LogP contribution is -2.15. The molecule has 2 aromatic rings. The number of nitrogens with one attached hydrogen (secondary N) is 1. The van der Waals surface area contributed by atoms with E-state index in [1.807, 2.05) is 12.1 Å². The maximum Gasteiger partial charge on any atom is 0.227 e. The normalized spacial score (nSPS) is 9.36. The molecule has 22 heavy (non-hydrogen) atoms. The summed E-state index contributed by atoms with van der Waals surface area (Å²) in [7, 11) is 0. The van der Waals surface area contributed by atoms with Gasteiger partial charge in [-0.15, -0.1) is 0 Å². The summed E-state index contributed by atoms with van der Waals surface area (Å²) in [5.74, 6) is 0.352. The van der Waals surface area contributed by atoms with Gasteiger partial charge < -0.3 is 10.1 Å². The van der Waals surface area contributed by atoms with E-state index >= 15 is 0 Å². The highest BCUT2D eigenvalue weighted by molar-refractivity contribution is 5.90. The van der Waals surface area contributed by atoms with Gasteiger partial charge in [0.15, 0.2) is 0 Å². The van der Waals surface area contributed by atoms with Crippen LogP contribution < -0.4 is 10.1 Å². The van der Waals surface area contributed by atoms with Crippen LogP contribution in [0.25, 0.3) is 0 Å². The summed E-state index contributed by atoms with van der Waals surface area (Å²) in [6, 6.07) is 17.5. The maximum atomic E-state index is 11.8. The number of benzene rings is 2. The fourth-order valence-electron chi connectivity index (χ4n) is 1.81. The predicted octanol–water partition coefficient (Wildman–Crippen LogP) is 2.84. The summed E-state index contributed by atoms with van der Waals surface area (Å²) in [6.45, 7) is 0.207. The molecule has 2 rings (SSSR count). The van der Waals surface area contributed by atoms with Crippen LogP contribution in [0.15, 0.2) is 48.5 Å². The Morgan fingerprint density at radius 1 is 1.05 bits per heavy atom. The minimum atomic E-state index is -0.202. The van der Waals surface area contributed by atoms with E-state index in [4.69, 9.17) is 15.3 Å². The summed E-state index contributed by atoms with van der Waals surface area (Å²) in [5, 5.41) is 20.3. The second-order valence-electron chi connectivity index (χ2n) is 4.48. The van der Waals surface area contributed by atoms with Crippen molar-refractivity contribution >= 4 is 11.6 Å². The lowest BCUT2D eigenvalue weighted by Gasteiger charge is -2.07. The molecule has 0 heterocycles. The summed E-state index contributed by atoms with van der Waals surface area (Å²) in [5.41, 5.74) is 1.58. The van der Waals surface area contributed by atoms with E-state index in [1.165, 1.54) is 0 Å². The molecular weight excluding hydrogens is 278 g/mol. The maximum absolute atomic E-state index is 11.8. The number of nitrogens with zero attached hydrogens (tertiary/aromatic N) is 2. The highest BCUT2D eigenvalue weighted by Gasteiger charge is 2.04. The van der Waals surface area contributed by atoms with Crippen molar-refractivity contribution in [3.8, 4) is 17.9 Å². The molecule has 108 valence electrons. The molecule has 0 spiro atoms. The second kappa shape index (κ2) is 7.47. The number of ether oxygens (including phenoxy) is 1. The molecule has 0 fully saturated rings. The van der Waals surface area contributed by atoms with Crippen molar-refractivity contribution in [2.45, 2.75) is 6.42 Å². The number of carbonyl (C=O) groups is 1. The Hall–Kier alpha value is -3.31. The van der Waals surface area contributed by atoms with Crippen molar-refractivity contribution in [3.05, 3.63) is 59.7 Å². The monoisotopic (exact) mass is 291 g/mol. The minimum absolute atomic E-state index is 0.174. The Kier molecular flexibility index (Phi) is 5.12. The molecule has 1 N–H and O–H groups in total. The minimum Gasteiger partial charge on any atom is -0.493 e. The molecule has 0 atom stereocenters. The van der Waals surface area contributed by atoms with Crippen LogP contribution in [0.2, 0.25) is 0 Å². The van der Waals surface area contributed by atoms with E-state index in [0.717, 1.165) is 0 Å². The third kappa shape index (κ3) is 4.36. The Morgan fingerprint density at radius 2 is 1.73 bits per heavy atom. The second-order valence-corrected chi connectivity index (χ2v) is 4.48. The number of hydrogen-bond donors (Lipinski definition) is 1. The van der Waals surface area contributed by atoms with Crippen molar-refractivity contribution in [1.82, 2.24) is 0 Å². The Labute approximate surface area is 128 Å². The van der Waals surface area contributed by atoms with Crippen LogP contribution in [0.3, 0.4) is 0 Å². The van der Waals surface area contributed by atoms with Crippen LogP contribution in [0.5, 0.6) is 5.75 Å². The van der Waals surface area contributed by atoms with Gasteiger partial charge in [0.1, 0.15) is 5.75 Å². The van der Waals surface area contributed by atoms with Crippen LogP contribution in [-0.2, 0) is 4.79 Å². The third-order valence-corrected chi connectivity index (χ3v) is 2.84. The van der Waals surface area contributed by atoms with Crippen LogP contribution >= 0.6 is 0 Å². The number of amides is 1. The van der Waals surface area contributed by atoms with E-state index < -0.39 is 0 Å². The smallest absolute Gasteiger partial charge is 0.227 e. The quantitative estimate of drug-likeness (QED) is 0.917. The van der Waals surface area contributed by atoms with Gasteiger partial charge in [-0.2, -0.15) is 10.5 Å². The van der Waals surface area contributed by atoms with E-state index in [-0.39, 0.29) is 18.9 Å². The van der Waals surface area contributed by atoms with Gasteiger partial charge in [-0.1, -0.05) is 12.1 Å². The number of hydrogen-bond acceptors (Lipinski definition) is 4. The van der Waals surface area contributed by atoms with Crippen molar-refractivity contribution in [3.63, 3.8) is 0 Å². The number of nitriles is 2. The highest BCUT2D eigenvalue weighted by Crippen LogP contribution is 2.13. The molecular formula is C17H13N3O2. The van der Waals surface area contributed by atoms with E-state index in [2.05, 4.69) is 5.32 Å². The SMILES string of the molecule is N#Cc1cccc(NC(=O)CCOc2cccc(C#N)c2)c1. The molecule has 0 unspecified atom stereocenters. The lowest BCUT2D eigenvalue weighted by molar-refractivity contribution is -0.116. The zero-order valence-corrected chi connectivity index (χ0v) is 11.7. The predicted molar refractivity (Wildman–Crippen MR) is 81.1 cm³/mol. The molecule has 0 saturated carbocycles. The van der Waals surface area contributed by atoms with Gasteiger partial charge in [0.05, 0.1) is 36.3 Å². The van der Waals surface area contributed by atoms with Crippen molar-refractivity contribution in [1.29, 1.82) is 10.5 Å². The van der Waals surface area contributed by atoms with E-state index in [1.54, 1.807) is 48.5 Å². The van der Waals surface area contributed by atoms with Crippen LogP contribution in [0, 0.1) is 22.7 Å². The molecule has 0 aromatic heterocycles. The fraction of sp³-hybridized carbons (Fsp3) is 0.118. The summed E-state index contributed by atoms with van der Waals surface area (Å²) in [4.78, 5) is 11.8. The van der Waals surface area contributed by atoms with Gasteiger partial charge in [-0.3, -0.25) is 4.79 Å².